The van der Waals surface area contributed by atoms with Crippen LogP contribution in [0.1, 0.15) is 24.0 Å². The standard InChI is InChI=1S/C18H23N3O2/c1-13-4-2-5-14(10-13)11-19-8-9-21-16(12-19)18(23)20-7-3-6-15(20)17(21)22/h2,4-5,10,15-16H,3,6-9,11-12H2,1H3/t15-,16+/m0/s1. The molecule has 0 aliphatic carbocycles. The largest absolute Gasteiger partial charge is 0.329 e. The van der Waals surface area contributed by atoms with E-state index in [1.807, 2.05) is 9.80 Å². The molecule has 3 aliphatic heterocycles. The number of carbonyl (C=O) groups excluding carboxylic acids is 2. The first-order valence-corrected chi connectivity index (χ1v) is 8.52. The summed E-state index contributed by atoms with van der Waals surface area (Å²) in [5, 5.41) is 0. The predicted molar refractivity (Wildman–Crippen MR) is 86.7 cm³/mol. The summed E-state index contributed by atoms with van der Waals surface area (Å²) in [7, 11) is 0. The van der Waals surface area contributed by atoms with Crippen molar-refractivity contribution in [1.29, 1.82) is 0 Å². The van der Waals surface area contributed by atoms with Crippen molar-refractivity contribution in [2.24, 2.45) is 0 Å². The highest BCUT2D eigenvalue weighted by atomic mass is 16.2. The van der Waals surface area contributed by atoms with E-state index in [1.165, 1.54) is 11.1 Å². The van der Waals surface area contributed by atoms with Gasteiger partial charge in [-0.15, -0.1) is 0 Å². The third kappa shape index (κ3) is 2.53. The van der Waals surface area contributed by atoms with Gasteiger partial charge in [-0.2, -0.15) is 0 Å². The fraction of sp³-hybridized carbons (Fsp3) is 0.556. The van der Waals surface area contributed by atoms with E-state index in [2.05, 4.69) is 36.1 Å². The number of nitrogens with zero attached hydrogens (tertiary/aromatic N) is 3. The van der Waals surface area contributed by atoms with Crippen molar-refractivity contribution in [3.8, 4) is 0 Å². The van der Waals surface area contributed by atoms with E-state index in [-0.39, 0.29) is 23.9 Å². The lowest BCUT2D eigenvalue weighted by molar-refractivity contribution is -0.163. The summed E-state index contributed by atoms with van der Waals surface area (Å²) in [6, 6.07) is 8.03. The van der Waals surface area contributed by atoms with Crippen molar-refractivity contribution in [2.75, 3.05) is 26.2 Å². The Balaban J connectivity index is 1.49. The van der Waals surface area contributed by atoms with Crippen molar-refractivity contribution >= 4 is 11.8 Å². The maximum atomic E-state index is 12.7. The van der Waals surface area contributed by atoms with Gasteiger partial charge in [0.15, 0.2) is 0 Å². The monoisotopic (exact) mass is 313 g/mol. The number of aryl methyl sites for hydroxylation is 1. The van der Waals surface area contributed by atoms with Crippen LogP contribution in [0.4, 0.5) is 0 Å². The molecule has 3 aliphatic rings. The summed E-state index contributed by atoms with van der Waals surface area (Å²) in [4.78, 5) is 31.3. The molecular weight excluding hydrogens is 290 g/mol. The number of benzene rings is 1. The number of amides is 2. The van der Waals surface area contributed by atoms with Gasteiger partial charge in [0.2, 0.25) is 11.8 Å². The Morgan fingerprint density at radius 2 is 1.83 bits per heavy atom. The van der Waals surface area contributed by atoms with E-state index in [4.69, 9.17) is 0 Å². The average molecular weight is 313 g/mol. The van der Waals surface area contributed by atoms with Gasteiger partial charge in [0.25, 0.3) is 0 Å². The molecule has 2 amide bonds. The van der Waals surface area contributed by atoms with E-state index < -0.39 is 0 Å². The zero-order chi connectivity index (χ0) is 16.0. The van der Waals surface area contributed by atoms with Crippen LogP contribution in [-0.2, 0) is 16.1 Å². The number of rotatable bonds is 2. The summed E-state index contributed by atoms with van der Waals surface area (Å²) in [6.45, 7) is 5.86. The molecule has 0 spiro atoms. The molecule has 5 nitrogen and oxygen atoms in total. The highest BCUT2D eigenvalue weighted by Crippen LogP contribution is 2.29. The van der Waals surface area contributed by atoms with Gasteiger partial charge in [-0.05, 0) is 25.3 Å². The first-order valence-electron chi connectivity index (χ1n) is 8.52. The van der Waals surface area contributed by atoms with Crippen LogP contribution in [0.5, 0.6) is 0 Å². The predicted octanol–water partition coefficient (Wildman–Crippen LogP) is 1.01. The zero-order valence-electron chi connectivity index (χ0n) is 13.6. The van der Waals surface area contributed by atoms with E-state index in [0.717, 1.165) is 32.5 Å². The molecule has 4 rings (SSSR count). The summed E-state index contributed by atoms with van der Waals surface area (Å²) in [6.07, 6.45) is 1.79. The van der Waals surface area contributed by atoms with Crippen LogP contribution in [0.15, 0.2) is 24.3 Å². The van der Waals surface area contributed by atoms with Crippen LogP contribution in [0.25, 0.3) is 0 Å². The maximum absolute atomic E-state index is 12.7. The van der Waals surface area contributed by atoms with E-state index in [0.29, 0.717) is 13.1 Å². The van der Waals surface area contributed by atoms with Crippen LogP contribution in [-0.4, -0.2) is 64.8 Å². The van der Waals surface area contributed by atoms with E-state index >= 15 is 0 Å². The van der Waals surface area contributed by atoms with Crippen LogP contribution >= 0.6 is 0 Å². The number of fused-ring (bicyclic) bond motifs is 2. The molecule has 0 N–H and O–H groups in total. The molecule has 5 heteroatoms. The second-order valence-electron chi connectivity index (χ2n) is 6.96. The molecule has 0 aromatic heterocycles. The smallest absolute Gasteiger partial charge is 0.247 e. The normalized spacial score (nSPS) is 28.0. The molecular formula is C18H23N3O2. The SMILES string of the molecule is Cc1cccc(CN2CCN3C(=O)[C@@H]4CCCN4C(=O)[C@H]3C2)c1. The number of carbonyl (C=O) groups is 2. The molecule has 23 heavy (non-hydrogen) atoms. The highest BCUT2D eigenvalue weighted by Gasteiger charge is 2.49. The Morgan fingerprint density at radius 1 is 1.04 bits per heavy atom. The van der Waals surface area contributed by atoms with Gasteiger partial charge in [0.1, 0.15) is 12.1 Å². The molecule has 3 fully saturated rings. The van der Waals surface area contributed by atoms with Gasteiger partial charge in [0.05, 0.1) is 0 Å². The van der Waals surface area contributed by atoms with Crippen LogP contribution in [0, 0.1) is 6.92 Å². The van der Waals surface area contributed by atoms with Crippen molar-refractivity contribution < 1.29 is 9.59 Å². The quantitative estimate of drug-likeness (QED) is 0.818. The highest BCUT2D eigenvalue weighted by molar-refractivity contribution is 5.97. The molecule has 122 valence electrons. The molecule has 0 bridgehead atoms. The van der Waals surface area contributed by atoms with Gasteiger partial charge in [-0.3, -0.25) is 14.5 Å². The first kappa shape index (κ1) is 14.7. The molecule has 0 saturated carbocycles. The van der Waals surface area contributed by atoms with Gasteiger partial charge >= 0.3 is 0 Å². The third-order valence-electron chi connectivity index (χ3n) is 5.34. The fourth-order valence-corrected chi connectivity index (χ4v) is 4.20. The number of piperazine rings is 2. The van der Waals surface area contributed by atoms with E-state index in [1.54, 1.807) is 0 Å². The Labute approximate surface area is 136 Å². The van der Waals surface area contributed by atoms with Gasteiger partial charge in [-0.1, -0.05) is 29.8 Å². The van der Waals surface area contributed by atoms with Crippen LogP contribution < -0.4 is 0 Å². The first-order chi connectivity index (χ1) is 11.1. The van der Waals surface area contributed by atoms with Gasteiger partial charge < -0.3 is 9.80 Å². The second-order valence-corrected chi connectivity index (χ2v) is 6.96. The average Bonchev–Trinajstić information content (AvgIpc) is 3.03. The molecule has 1 aromatic rings. The second kappa shape index (κ2) is 5.64. The Bertz CT molecular complexity index is 645. The molecule has 3 heterocycles. The summed E-state index contributed by atoms with van der Waals surface area (Å²) in [5.74, 6) is 0.323. The number of hydrogen-bond donors (Lipinski definition) is 0. The summed E-state index contributed by atoms with van der Waals surface area (Å²) < 4.78 is 0. The molecule has 0 unspecified atom stereocenters. The third-order valence-corrected chi connectivity index (χ3v) is 5.34. The van der Waals surface area contributed by atoms with Crippen molar-refractivity contribution in [2.45, 2.75) is 38.4 Å². The summed E-state index contributed by atoms with van der Waals surface area (Å²) >= 11 is 0. The molecule has 0 radical (unpaired) electrons. The van der Waals surface area contributed by atoms with Gasteiger partial charge in [0, 0.05) is 32.7 Å². The Kier molecular flexibility index (Phi) is 3.60. The lowest BCUT2D eigenvalue weighted by Crippen LogP contribution is -2.68. The van der Waals surface area contributed by atoms with Gasteiger partial charge in [-0.25, -0.2) is 0 Å². The maximum Gasteiger partial charge on any atom is 0.247 e. The van der Waals surface area contributed by atoms with Crippen molar-refractivity contribution in [1.82, 2.24) is 14.7 Å². The summed E-state index contributed by atoms with van der Waals surface area (Å²) in [5.41, 5.74) is 2.53. The molecule has 2 atom stereocenters. The topological polar surface area (TPSA) is 43.9 Å². The Hall–Kier alpha value is -1.88. The lowest BCUT2D eigenvalue weighted by Gasteiger charge is -2.47. The minimum atomic E-state index is -0.282. The number of hydrogen-bond acceptors (Lipinski definition) is 3. The van der Waals surface area contributed by atoms with Crippen molar-refractivity contribution in [3.63, 3.8) is 0 Å². The van der Waals surface area contributed by atoms with E-state index in [9.17, 15) is 9.59 Å². The Morgan fingerprint density at radius 3 is 2.65 bits per heavy atom. The fourth-order valence-electron chi connectivity index (χ4n) is 4.20. The van der Waals surface area contributed by atoms with Crippen LogP contribution in [0.2, 0.25) is 0 Å². The minimum Gasteiger partial charge on any atom is -0.329 e. The minimum absolute atomic E-state index is 0.154. The lowest BCUT2D eigenvalue weighted by atomic mass is 10.0. The van der Waals surface area contributed by atoms with Crippen molar-refractivity contribution in [3.05, 3.63) is 35.4 Å². The molecule has 3 saturated heterocycles. The zero-order valence-corrected chi connectivity index (χ0v) is 13.6. The van der Waals surface area contributed by atoms with Crippen LogP contribution in [0.3, 0.4) is 0 Å². The molecule has 1 aromatic carbocycles.